The van der Waals surface area contributed by atoms with Gasteiger partial charge in [-0.3, -0.25) is 14.9 Å². The molecule has 2 aromatic carbocycles. The number of rotatable bonds is 7. The molecule has 9 nitrogen and oxygen atoms in total. The molecule has 0 aliphatic rings. The van der Waals surface area contributed by atoms with Crippen molar-refractivity contribution in [3.8, 4) is 22.8 Å². The van der Waals surface area contributed by atoms with Crippen LogP contribution in [0.3, 0.4) is 0 Å². The average Bonchev–Trinajstić information content (AvgIpc) is 3.17. The quantitative estimate of drug-likeness (QED) is 0.349. The zero-order valence-electron chi connectivity index (χ0n) is 15.2. The monoisotopic (exact) mass is 412 g/mol. The molecule has 0 bridgehead atoms. The van der Waals surface area contributed by atoms with Gasteiger partial charge in [-0.25, -0.2) is 10.4 Å². The molecule has 0 saturated heterocycles. The minimum atomic E-state index is -0.736. The first-order valence-corrected chi connectivity index (χ1v) is 9.23. The van der Waals surface area contributed by atoms with Crippen LogP contribution in [0, 0.1) is 10.1 Å². The van der Waals surface area contributed by atoms with Crippen LogP contribution in [0.25, 0.3) is 11.3 Å². The standard InChI is InChI=1S/C19H16N4O5S/c1-28-16-8-12(7-15(19(16)25)23(26)27)10-20-22-17(24)9-18-21-14(11-29-18)13-5-3-2-4-6-13/h2-8,10-11,25H,9H2,1H3,(H,22,24)/b20-10+. The van der Waals surface area contributed by atoms with Crippen LogP contribution < -0.4 is 10.2 Å². The number of ether oxygens (including phenoxy) is 1. The van der Waals surface area contributed by atoms with E-state index in [1.54, 1.807) is 0 Å². The molecular formula is C19H16N4O5S. The number of hydrogen-bond donors (Lipinski definition) is 2. The Kier molecular flexibility index (Phi) is 6.15. The normalized spacial score (nSPS) is 10.8. The second kappa shape index (κ2) is 8.93. The van der Waals surface area contributed by atoms with Crippen LogP contribution in [0.1, 0.15) is 10.6 Å². The smallest absolute Gasteiger partial charge is 0.315 e. The van der Waals surface area contributed by atoms with E-state index in [9.17, 15) is 20.0 Å². The Morgan fingerprint density at radius 2 is 2.14 bits per heavy atom. The van der Waals surface area contributed by atoms with Gasteiger partial charge < -0.3 is 9.84 Å². The number of hydrogen-bond acceptors (Lipinski definition) is 8. The summed E-state index contributed by atoms with van der Waals surface area (Å²) in [4.78, 5) is 26.8. The first-order chi connectivity index (χ1) is 14.0. The van der Waals surface area contributed by atoms with Gasteiger partial charge in [0.1, 0.15) is 5.01 Å². The number of aromatic nitrogens is 1. The van der Waals surface area contributed by atoms with Crippen molar-refractivity contribution in [1.82, 2.24) is 10.4 Å². The second-order valence-electron chi connectivity index (χ2n) is 5.81. The lowest BCUT2D eigenvalue weighted by Crippen LogP contribution is -2.19. The fourth-order valence-electron chi connectivity index (χ4n) is 2.47. The van der Waals surface area contributed by atoms with Crippen LogP contribution in [-0.4, -0.2) is 34.2 Å². The van der Waals surface area contributed by atoms with Crippen molar-refractivity contribution in [2.24, 2.45) is 5.10 Å². The lowest BCUT2D eigenvalue weighted by atomic mass is 10.2. The Labute approximate surface area is 169 Å². The van der Waals surface area contributed by atoms with Crippen molar-refractivity contribution >= 4 is 29.1 Å². The number of amides is 1. The summed E-state index contributed by atoms with van der Waals surface area (Å²) < 4.78 is 4.91. The van der Waals surface area contributed by atoms with E-state index in [1.165, 1.54) is 30.7 Å². The molecule has 29 heavy (non-hydrogen) atoms. The number of methoxy groups -OCH3 is 1. The Balaban J connectivity index is 1.64. The summed E-state index contributed by atoms with van der Waals surface area (Å²) >= 11 is 1.37. The molecule has 10 heteroatoms. The Bertz CT molecular complexity index is 1070. The van der Waals surface area contributed by atoms with E-state index in [1.807, 2.05) is 35.7 Å². The largest absolute Gasteiger partial charge is 0.500 e. The van der Waals surface area contributed by atoms with E-state index in [4.69, 9.17) is 4.74 Å². The molecule has 3 rings (SSSR count). The minimum Gasteiger partial charge on any atom is -0.500 e. The molecular weight excluding hydrogens is 396 g/mol. The molecule has 0 saturated carbocycles. The zero-order chi connectivity index (χ0) is 20.8. The minimum absolute atomic E-state index is 0.0495. The van der Waals surface area contributed by atoms with Gasteiger partial charge in [-0.2, -0.15) is 5.10 Å². The Morgan fingerprint density at radius 3 is 2.83 bits per heavy atom. The number of nitrogens with one attached hydrogen (secondary N) is 1. The predicted octanol–water partition coefficient (Wildman–Crippen LogP) is 3.13. The van der Waals surface area contributed by atoms with E-state index >= 15 is 0 Å². The van der Waals surface area contributed by atoms with Crippen LogP contribution in [0.5, 0.6) is 11.5 Å². The lowest BCUT2D eigenvalue weighted by Gasteiger charge is -2.05. The molecule has 0 unspecified atom stereocenters. The third-order valence-corrected chi connectivity index (χ3v) is 4.68. The molecule has 0 aliphatic carbocycles. The number of carbonyl (C=O) groups excluding carboxylic acids is 1. The Hall–Kier alpha value is -3.79. The van der Waals surface area contributed by atoms with Crippen LogP contribution in [0.4, 0.5) is 5.69 Å². The van der Waals surface area contributed by atoms with Gasteiger partial charge in [-0.1, -0.05) is 30.3 Å². The van der Waals surface area contributed by atoms with Crippen LogP contribution in [0.2, 0.25) is 0 Å². The summed E-state index contributed by atoms with van der Waals surface area (Å²) in [5.74, 6) is -1.02. The first-order valence-electron chi connectivity index (χ1n) is 8.35. The number of benzene rings is 2. The van der Waals surface area contributed by atoms with Crippen molar-refractivity contribution in [2.75, 3.05) is 7.11 Å². The van der Waals surface area contributed by atoms with Crippen molar-refractivity contribution in [2.45, 2.75) is 6.42 Å². The molecule has 0 aliphatic heterocycles. The highest BCUT2D eigenvalue weighted by Crippen LogP contribution is 2.36. The van der Waals surface area contributed by atoms with E-state index in [0.717, 1.165) is 17.3 Å². The summed E-state index contributed by atoms with van der Waals surface area (Å²) in [7, 11) is 1.28. The highest BCUT2D eigenvalue weighted by atomic mass is 32.1. The number of aromatic hydroxyl groups is 1. The number of nitro benzene ring substituents is 1. The van der Waals surface area contributed by atoms with Crippen molar-refractivity contribution < 1.29 is 19.6 Å². The topological polar surface area (TPSA) is 127 Å². The van der Waals surface area contributed by atoms with E-state index in [0.29, 0.717) is 5.01 Å². The molecule has 3 aromatic rings. The summed E-state index contributed by atoms with van der Waals surface area (Å²) in [6, 6.07) is 12.1. The second-order valence-corrected chi connectivity index (χ2v) is 6.75. The number of carbonyl (C=O) groups is 1. The van der Waals surface area contributed by atoms with Crippen molar-refractivity contribution in [3.05, 3.63) is 68.5 Å². The molecule has 1 amide bonds. The summed E-state index contributed by atoms with van der Waals surface area (Å²) in [5, 5.41) is 27.1. The molecule has 1 heterocycles. The van der Waals surface area contributed by atoms with Gasteiger partial charge in [0.15, 0.2) is 5.75 Å². The molecule has 148 valence electrons. The number of thiazole rings is 1. The van der Waals surface area contributed by atoms with Gasteiger partial charge in [0, 0.05) is 22.6 Å². The van der Waals surface area contributed by atoms with Crippen LogP contribution in [-0.2, 0) is 11.2 Å². The van der Waals surface area contributed by atoms with E-state index < -0.39 is 16.4 Å². The third-order valence-electron chi connectivity index (χ3n) is 3.83. The number of phenols is 1. The molecule has 0 spiro atoms. The fraction of sp³-hybridized carbons (Fsp3) is 0.105. The van der Waals surface area contributed by atoms with Gasteiger partial charge in [-0.05, 0) is 6.07 Å². The third kappa shape index (κ3) is 4.93. The van der Waals surface area contributed by atoms with Gasteiger partial charge in [0.05, 0.1) is 30.4 Å². The van der Waals surface area contributed by atoms with E-state index in [-0.39, 0.29) is 23.6 Å². The summed E-state index contributed by atoms with van der Waals surface area (Å²) in [5.41, 5.74) is 3.88. The number of nitro groups is 1. The maximum Gasteiger partial charge on any atom is 0.315 e. The molecule has 1 aromatic heterocycles. The summed E-state index contributed by atoms with van der Waals surface area (Å²) in [6.07, 6.45) is 1.28. The molecule has 0 atom stereocenters. The SMILES string of the molecule is COc1cc(/C=N/NC(=O)Cc2nc(-c3ccccc3)cs2)cc([N+](=O)[O-])c1O. The molecule has 0 radical (unpaired) electrons. The van der Waals surface area contributed by atoms with Crippen LogP contribution >= 0.6 is 11.3 Å². The zero-order valence-corrected chi connectivity index (χ0v) is 16.0. The maximum atomic E-state index is 12.1. The fourth-order valence-corrected chi connectivity index (χ4v) is 3.27. The van der Waals surface area contributed by atoms with Crippen molar-refractivity contribution in [1.29, 1.82) is 0 Å². The molecule has 0 fully saturated rings. The summed E-state index contributed by atoms with van der Waals surface area (Å²) in [6.45, 7) is 0. The van der Waals surface area contributed by atoms with Crippen molar-refractivity contribution in [3.63, 3.8) is 0 Å². The number of nitrogens with zero attached hydrogens (tertiary/aromatic N) is 3. The average molecular weight is 412 g/mol. The van der Waals surface area contributed by atoms with Gasteiger partial charge in [0.25, 0.3) is 0 Å². The Morgan fingerprint density at radius 1 is 1.38 bits per heavy atom. The number of phenolic OH excluding ortho intramolecular Hbond substituents is 1. The highest BCUT2D eigenvalue weighted by Gasteiger charge is 2.19. The first kappa shape index (κ1) is 20.0. The maximum absolute atomic E-state index is 12.1. The van der Waals surface area contributed by atoms with Gasteiger partial charge >= 0.3 is 5.69 Å². The van der Waals surface area contributed by atoms with Crippen LogP contribution in [0.15, 0.2) is 52.9 Å². The highest BCUT2D eigenvalue weighted by molar-refractivity contribution is 7.10. The number of hydrazone groups is 1. The molecule has 2 N–H and O–H groups in total. The van der Waals surface area contributed by atoms with Gasteiger partial charge in [-0.15, -0.1) is 11.3 Å². The van der Waals surface area contributed by atoms with Gasteiger partial charge in [0.2, 0.25) is 11.7 Å². The van der Waals surface area contributed by atoms with E-state index in [2.05, 4.69) is 15.5 Å². The lowest BCUT2D eigenvalue weighted by molar-refractivity contribution is -0.386. The predicted molar refractivity (Wildman–Crippen MR) is 108 cm³/mol.